The van der Waals surface area contributed by atoms with Gasteiger partial charge in [0.2, 0.25) is 11.9 Å². The van der Waals surface area contributed by atoms with Gasteiger partial charge in [-0.1, -0.05) is 29.8 Å². The highest BCUT2D eigenvalue weighted by Crippen LogP contribution is 2.32. The molecular weight excluding hydrogens is 592 g/mol. The highest BCUT2D eigenvalue weighted by Gasteiger charge is 2.35. The summed E-state index contributed by atoms with van der Waals surface area (Å²) in [6, 6.07) is 10.8. The lowest BCUT2D eigenvalue weighted by Gasteiger charge is -2.26. The first-order chi connectivity index (χ1) is 21.8. The van der Waals surface area contributed by atoms with Crippen molar-refractivity contribution in [1.29, 1.82) is 0 Å². The Morgan fingerprint density at radius 3 is 2.71 bits per heavy atom. The molecule has 0 aliphatic carbocycles. The second-order valence-electron chi connectivity index (χ2n) is 12.2. The Kier molecular flexibility index (Phi) is 9.48. The van der Waals surface area contributed by atoms with Gasteiger partial charge >= 0.3 is 0 Å². The number of nitrogens with zero attached hydrogens (tertiary/aromatic N) is 6. The van der Waals surface area contributed by atoms with E-state index in [2.05, 4.69) is 37.4 Å². The molecule has 0 saturated carbocycles. The third kappa shape index (κ3) is 7.05. The van der Waals surface area contributed by atoms with Gasteiger partial charge < -0.3 is 30.1 Å². The molecule has 6 rings (SSSR count). The Labute approximate surface area is 269 Å². The zero-order valence-corrected chi connectivity index (χ0v) is 26.9. The molecule has 5 heterocycles. The molecule has 2 fully saturated rings. The maximum atomic E-state index is 13.6. The molecule has 3 aromatic rings. The third-order valence-corrected chi connectivity index (χ3v) is 9.24. The Balaban J connectivity index is 1.11. The van der Waals surface area contributed by atoms with Crippen LogP contribution in [0, 0.1) is 0 Å². The average Bonchev–Trinajstić information content (AvgIpc) is 3.22. The first-order valence-corrected chi connectivity index (χ1v) is 16.2. The SMILES string of the molecule is C[C@H](C(=O)N[C@H](C)c1cccc(N2CCCN(C)CC2)n1)N1Cc2ccc(-c3nc(NC4CCOCC4)ncc3Cl)cc2C1=O. The number of carbonyl (C=O) groups is 2. The Morgan fingerprint density at radius 1 is 1.07 bits per heavy atom. The van der Waals surface area contributed by atoms with Gasteiger partial charge in [0.15, 0.2) is 0 Å². The summed E-state index contributed by atoms with van der Waals surface area (Å²) in [6.45, 7) is 9.39. The van der Waals surface area contributed by atoms with E-state index in [4.69, 9.17) is 21.3 Å². The van der Waals surface area contributed by atoms with Crippen molar-refractivity contribution in [2.45, 2.75) is 57.8 Å². The van der Waals surface area contributed by atoms with E-state index in [1.807, 2.05) is 43.3 Å². The Hall–Kier alpha value is -3.80. The maximum Gasteiger partial charge on any atom is 0.255 e. The minimum Gasteiger partial charge on any atom is -0.381 e. The normalized spacial score (nSPS) is 19.2. The van der Waals surface area contributed by atoms with E-state index < -0.39 is 6.04 Å². The van der Waals surface area contributed by atoms with Crippen molar-refractivity contribution in [2.75, 3.05) is 56.7 Å². The molecule has 3 aliphatic rings. The summed E-state index contributed by atoms with van der Waals surface area (Å²) >= 11 is 6.52. The highest BCUT2D eigenvalue weighted by molar-refractivity contribution is 6.33. The van der Waals surface area contributed by atoms with Crippen LogP contribution in [0.3, 0.4) is 0 Å². The van der Waals surface area contributed by atoms with Crippen molar-refractivity contribution in [3.05, 3.63) is 64.4 Å². The Bertz CT molecular complexity index is 1550. The lowest BCUT2D eigenvalue weighted by atomic mass is 10.0. The summed E-state index contributed by atoms with van der Waals surface area (Å²) in [5, 5.41) is 6.86. The molecule has 11 nitrogen and oxygen atoms in total. The van der Waals surface area contributed by atoms with E-state index in [-0.39, 0.29) is 23.9 Å². The van der Waals surface area contributed by atoms with Crippen LogP contribution in [-0.4, -0.2) is 95.1 Å². The van der Waals surface area contributed by atoms with Gasteiger partial charge in [0.05, 0.1) is 28.6 Å². The summed E-state index contributed by atoms with van der Waals surface area (Å²) in [5.41, 5.74) is 3.47. The van der Waals surface area contributed by atoms with Crippen LogP contribution in [0.15, 0.2) is 42.6 Å². The lowest BCUT2D eigenvalue weighted by molar-refractivity contribution is -0.125. The molecule has 2 saturated heterocycles. The van der Waals surface area contributed by atoms with Crippen molar-refractivity contribution in [3.8, 4) is 11.3 Å². The molecule has 45 heavy (non-hydrogen) atoms. The molecule has 0 unspecified atom stereocenters. The predicted octanol–water partition coefficient (Wildman–Crippen LogP) is 4.15. The fraction of sp³-hybridized carbons (Fsp3) is 0.485. The van der Waals surface area contributed by atoms with Crippen LogP contribution in [0.2, 0.25) is 5.02 Å². The van der Waals surface area contributed by atoms with Crippen LogP contribution in [0.1, 0.15) is 60.8 Å². The van der Waals surface area contributed by atoms with Crippen molar-refractivity contribution in [1.82, 2.24) is 30.1 Å². The molecule has 2 aromatic heterocycles. The summed E-state index contributed by atoms with van der Waals surface area (Å²) in [5.74, 6) is 0.996. The van der Waals surface area contributed by atoms with Crippen LogP contribution in [-0.2, 0) is 16.1 Å². The zero-order chi connectivity index (χ0) is 31.5. The molecule has 2 N–H and O–H groups in total. The largest absolute Gasteiger partial charge is 0.381 e. The van der Waals surface area contributed by atoms with Crippen molar-refractivity contribution in [2.24, 2.45) is 0 Å². The number of nitrogens with one attached hydrogen (secondary N) is 2. The zero-order valence-electron chi connectivity index (χ0n) is 26.1. The third-order valence-electron chi connectivity index (χ3n) is 8.96. The van der Waals surface area contributed by atoms with Gasteiger partial charge in [0.25, 0.3) is 5.91 Å². The van der Waals surface area contributed by atoms with E-state index in [9.17, 15) is 9.59 Å². The van der Waals surface area contributed by atoms with Crippen LogP contribution >= 0.6 is 11.6 Å². The Morgan fingerprint density at radius 2 is 1.89 bits per heavy atom. The molecule has 3 aliphatic heterocycles. The van der Waals surface area contributed by atoms with E-state index in [1.54, 1.807) is 18.0 Å². The smallest absolute Gasteiger partial charge is 0.255 e. The number of benzene rings is 1. The number of hydrogen-bond donors (Lipinski definition) is 2. The number of fused-ring (bicyclic) bond motifs is 1. The number of hydrogen-bond acceptors (Lipinski definition) is 9. The van der Waals surface area contributed by atoms with Crippen LogP contribution in [0.4, 0.5) is 11.8 Å². The molecule has 1 aromatic carbocycles. The van der Waals surface area contributed by atoms with Gasteiger partial charge in [-0.3, -0.25) is 9.59 Å². The van der Waals surface area contributed by atoms with Crippen LogP contribution in [0.25, 0.3) is 11.3 Å². The molecule has 0 radical (unpaired) electrons. The van der Waals surface area contributed by atoms with Gasteiger partial charge in [0, 0.05) is 56.6 Å². The minimum atomic E-state index is -0.668. The summed E-state index contributed by atoms with van der Waals surface area (Å²) < 4.78 is 5.44. The number of rotatable bonds is 8. The van der Waals surface area contributed by atoms with Gasteiger partial charge in [-0.15, -0.1) is 0 Å². The van der Waals surface area contributed by atoms with E-state index in [0.717, 1.165) is 68.1 Å². The minimum absolute atomic E-state index is 0.195. The van der Waals surface area contributed by atoms with Crippen LogP contribution in [0.5, 0.6) is 0 Å². The fourth-order valence-corrected chi connectivity index (χ4v) is 6.33. The molecule has 238 valence electrons. The summed E-state index contributed by atoms with van der Waals surface area (Å²) in [4.78, 5) is 47.2. The van der Waals surface area contributed by atoms with Crippen molar-refractivity contribution in [3.63, 3.8) is 0 Å². The maximum absolute atomic E-state index is 13.6. The number of carbonyl (C=O) groups excluding carboxylic acids is 2. The number of pyridine rings is 1. The van der Waals surface area contributed by atoms with Crippen molar-refractivity contribution < 1.29 is 14.3 Å². The van der Waals surface area contributed by atoms with Gasteiger partial charge in [0.1, 0.15) is 11.9 Å². The lowest BCUT2D eigenvalue weighted by Crippen LogP contribution is -2.46. The first kappa shape index (κ1) is 31.2. The number of anilines is 2. The second kappa shape index (κ2) is 13.7. The summed E-state index contributed by atoms with van der Waals surface area (Å²) in [7, 11) is 2.14. The number of ether oxygens (including phenoxy) is 1. The molecule has 0 spiro atoms. The molecule has 2 amide bonds. The molecule has 2 atom stereocenters. The first-order valence-electron chi connectivity index (χ1n) is 15.8. The second-order valence-corrected chi connectivity index (χ2v) is 12.6. The monoisotopic (exact) mass is 632 g/mol. The number of aromatic nitrogens is 3. The molecule has 12 heteroatoms. The van der Waals surface area contributed by atoms with E-state index in [1.165, 1.54) is 0 Å². The summed E-state index contributed by atoms with van der Waals surface area (Å²) in [6.07, 6.45) is 4.43. The van der Waals surface area contributed by atoms with Gasteiger partial charge in [-0.25, -0.2) is 15.0 Å². The van der Waals surface area contributed by atoms with E-state index in [0.29, 0.717) is 42.0 Å². The van der Waals surface area contributed by atoms with Crippen molar-refractivity contribution >= 4 is 35.2 Å². The number of likely N-dealkylation sites (N-methyl/N-ethyl adjacent to an activating group) is 1. The predicted molar refractivity (Wildman–Crippen MR) is 174 cm³/mol. The average molecular weight is 633 g/mol. The van der Waals surface area contributed by atoms with Gasteiger partial charge in [-0.2, -0.15) is 0 Å². The fourth-order valence-electron chi connectivity index (χ4n) is 6.13. The number of amides is 2. The molecular formula is C33H41ClN8O3. The number of halogens is 1. The van der Waals surface area contributed by atoms with Crippen LogP contribution < -0.4 is 15.5 Å². The highest BCUT2D eigenvalue weighted by atomic mass is 35.5. The molecule has 0 bridgehead atoms. The quantitative estimate of drug-likeness (QED) is 0.378. The standard InChI is InChI=1S/C33H41ClN8O3/c1-21(28-6-4-7-29(38-28)41-13-5-12-40(3)14-15-41)36-31(43)22(2)42-20-24-9-8-23(18-26(24)32(42)44)30-27(34)19-35-33(39-30)37-25-10-16-45-17-11-25/h4,6-9,18-19,21-22,25H,5,10-17,20H2,1-3H3,(H,36,43)(H,35,37,39)/t21-,22-/m1/s1. The topological polar surface area (TPSA) is 116 Å². The van der Waals surface area contributed by atoms with E-state index >= 15 is 0 Å². The van der Waals surface area contributed by atoms with Gasteiger partial charge in [-0.05, 0) is 70.5 Å².